The Kier molecular flexibility index (Phi) is 2.83. The van der Waals surface area contributed by atoms with E-state index in [1.54, 1.807) is 13.8 Å². The highest BCUT2D eigenvalue weighted by Gasteiger charge is 2.38. The van der Waals surface area contributed by atoms with Gasteiger partial charge in [0.15, 0.2) is 0 Å². The minimum Gasteiger partial charge on any atom is -0.481 e. The van der Waals surface area contributed by atoms with Crippen LogP contribution in [-0.4, -0.2) is 45.1 Å². The minimum atomic E-state index is -0.836. The van der Waals surface area contributed by atoms with Gasteiger partial charge in [0.2, 0.25) is 5.89 Å². The molecule has 0 aliphatic carbocycles. The van der Waals surface area contributed by atoms with Gasteiger partial charge in [-0.2, -0.15) is 4.98 Å². The molecule has 7 nitrogen and oxygen atoms in total. The number of rotatable bonds is 3. The normalized spacial score (nSPS) is 17.6. The standard InChI is InChI=1S/C10H13N3O4/c1-5(10(15)16)7-3-13(4-7)9(14)8-11-6(2)17-12-8/h5,7H,3-4H2,1-2H3,(H,15,16). The highest BCUT2D eigenvalue weighted by Crippen LogP contribution is 2.25. The van der Waals surface area contributed by atoms with E-state index in [1.807, 2.05) is 0 Å². The van der Waals surface area contributed by atoms with Crippen LogP contribution < -0.4 is 0 Å². The fraction of sp³-hybridized carbons (Fsp3) is 0.600. The molecule has 1 aromatic heterocycles. The number of hydrogen-bond donors (Lipinski definition) is 1. The van der Waals surface area contributed by atoms with Crippen LogP contribution in [0.2, 0.25) is 0 Å². The summed E-state index contributed by atoms with van der Waals surface area (Å²) in [6.07, 6.45) is 0. The molecular weight excluding hydrogens is 226 g/mol. The van der Waals surface area contributed by atoms with Gasteiger partial charge in [-0.05, 0) is 0 Å². The van der Waals surface area contributed by atoms with E-state index in [1.165, 1.54) is 4.90 Å². The van der Waals surface area contributed by atoms with Crippen molar-refractivity contribution in [2.75, 3.05) is 13.1 Å². The third-order valence-electron chi connectivity index (χ3n) is 3.01. The van der Waals surface area contributed by atoms with E-state index in [9.17, 15) is 9.59 Å². The molecule has 1 amide bonds. The number of carboxylic acid groups (broad SMARTS) is 1. The van der Waals surface area contributed by atoms with E-state index >= 15 is 0 Å². The van der Waals surface area contributed by atoms with Crippen molar-refractivity contribution in [2.45, 2.75) is 13.8 Å². The largest absolute Gasteiger partial charge is 0.481 e. The Bertz CT molecular complexity index is 450. The number of carboxylic acids is 1. The summed E-state index contributed by atoms with van der Waals surface area (Å²) < 4.78 is 4.71. The molecule has 1 aromatic rings. The van der Waals surface area contributed by atoms with Crippen molar-refractivity contribution < 1.29 is 19.2 Å². The first-order valence-electron chi connectivity index (χ1n) is 5.31. The predicted molar refractivity (Wildman–Crippen MR) is 55.2 cm³/mol. The number of aliphatic carboxylic acids is 1. The zero-order valence-corrected chi connectivity index (χ0v) is 9.58. The van der Waals surface area contributed by atoms with Gasteiger partial charge in [0.25, 0.3) is 11.7 Å². The third-order valence-corrected chi connectivity index (χ3v) is 3.01. The van der Waals surface area contributed by atoms with Crippen molar-refractivity contribution in [3.05, 3.63) is 11.7 Å². The van der Waals surface area contributed by atoms with Gasteiger partial charge in [0.1, 0.15) is 0 Å². The molecule has 0 saturated carbocycles. The van der Waals surface area contributed by atoms with E-state index in [2.05, 4.69) is 10.1 Å². The van der Waals surface area contributed by atoms with E-state index in [-0.39, 0.29) is 17.6 Å². The second-order valence-corrected chi connectivity index (χ2v) is 4.23. The van der Waals surface area contributed by atoms with Crippen LogP contribution in [0.4, 0.5) is 0 Å². The highest BCUT2D eigenvalue weighted by atomic mass is 16.5. The van der Waals surface area contributed by atoms with Crippen molar-refractivity contribution in [3.63, 3.8) is 0 Å². The Hall–Kier alpha value is -1.92. The molecule has 2 heterocycles. The van der Waals surface area contributed by atoms with Crippen molar-refractivity contribution >= 4 is 11.9 Å². The number of aryl methyl sites for hydroxylation is 1. The van der Waals surface area contributed by atoms with Crippen molar-refractivity contribution in [1.29, 1.82) is 0 Å². The maximum absolute atomic E-state index is 11.8. The molecule has 0 aromatic carbocycles. The predicted octanol–water partition coefficient (Wildman–Crippen LogP) is 0.171. The summed E-state index contributed by atoms with van der Waals surface area (Å²) in [4.78, 5) is 27.9. The Morgan fingerprint density at radius 1 is 1.53 bits per heavy atom. The summed E-state index contributed by atoms with van der Waals surface area (Å²) in [6, 6.07) is 0. The summed E-state index contributed by atoms with van der Waals surface area (Å²) in [5.41, 5.74) is 0. The first-order valence-corrected chi connectivity index (χ1v) is 5.31. The van der Waals surface area contributed by atoms with Gasteiger partial charge >= 0.3 is 5.97 Å². The number of aromatic nitrogens is 2. The van der Waals surface area contributed by atoms with Crippen LogP contribution in [0.15, 0.2) is 4.52 Å². The molecule has 17 heavy (non-hydrogen) atoms. The fourth-order valence-electron chi connectivity index (χ4n) is 1.72. The molecule has 1 atom stereocenters. The first kappa shape index (κ1) is 11.6. The van der Waals surface area contributed by atoms with Crippen LogP contribution in [0.25, 0.3) is 0 Å². The number of nitrogens with zero attached hydrogens (tertiary/aromatic N) is 3. The topological polar surface area (TPSA) is 96.5 Å². The van der Waals surface area contributed by atoms with Gasteiger partial charge in [-0.25, -0.2) is 0 Å². The van der Waals surface area contributed by atoms with Crippen LogP contribution in [0.3, 0.4) is 0 Å². The van der Waals surface area contributed by atoms with Gasteiger partial charge in [0, 0.05) is 25.9 Å². The average Bonchev–Trinajstić information content (AvgIpc) is 2.62. The van der Waals surface area contributed by atoms with Gasteiger partial charge in [-0.1, -0.05) is 12.1 Å². The Morgan fingerprint density at radius 2 is 2.18 bits per heavy atom. The quantitative estimate of drug-likeness (QED) is 0.807. The van der Waals surface area contributed by atoms with Crippen molar-refractivity contribution in [3.8, 4) is 0 Å². The van der Waals surface area contributed by atoms with Gasteiger partial charge < -0.3 is 14.5 Å². The fourth-order valence-corrected chi connectivity index (χ4v) is 1.72. The molecule has 1 N–H and O–H groups in total. The van der Waals surface area contributed by atoms with Crippen LogP contribution in [-0.2, 0) is 4.79 Å². The molecule has 1 fully saturated rings. The number of amides is 1. The molecule has 0 spiro atoms. The summed E-state index contributed by atoms with van der Waals surface area (Å²) in [7, 11) is 0. The van der Waals surface area contributed by atoms with Crippen LogP contribution in [0, 0.1) is 18.8 Å². The molecule has 1 unspecified atom stereocenters. The lowest BCUT2D eigenvalue weighted by Crippen LogP contribution is -2.53. The smallest absolute Gasteiger partial charge is 0.306 e. The second-order valence-electron chi connectivity index (χ2n) is 4.23. The van der Waals surface area contributed by atoms with Crippen LogP contribution in [0.1, 0.15) is 23.4 Å². The zero-order chi connectivity index (χ0) is 12.6. The molecule has 1 aliphatic heterocycles. The Morgan fingerprint density at radius 3 is 2.65 bits per heavy atom. The number of carbonyl (C=O) groups excluding carboxylic acids is 1. The lowest BCUT2D eigenvalue weighted by molar-refractivity contribution is -0.144. The number of carbonyl (C=O) groups is 2. The molecule has 0 radical (unpaired) electrons. The van der Waals surface area contributed by atoms with Gasteiger partial charge in [-0.15, -0.1) is 0 Å². The molecule has 0 bridgehead atoms. The van der Waals surface area contributed by atoms with Crippen LogP contribution in [0.5, 0.6) is 0 Å². The second kappa shape index (κ2) is 4.15. The third kappa shape index (κ3) is 2.13. The summed E-state index contributed by atoms with van der Waals surface area (Å²) in [5, 5.41) is 12.3. The highest BCUT2D eigenvalue weighted by molar-refractivity contribution is 5.91. The zero-order valence-electron chi connectivity index (χ0n) is 9.58. The molecule has 92 valence electrons. The lowest BCUT2D eigenvalue weighted by Gasteiger charge is -2.40. The number of hydrogen-bond acceptors (Lipinski definition) is 5. The van der Waals surface area contributed by atoms with Crippen molar-refractivity contribution in [2.24, 2.45) is 11.8 Å². The summed E-state index contributed by atoms with van der Waals surface area (Å²) in [5.74, 6) is -1.21. The molecule has 1 aliphatic rings. The SMILES string of the molecule is Cc1nc(C(=O)N2CC(C(C)C(=O)O)C2)no1. The molecule has 1 saturated heterocycles. The van der Waals surface area contributed by atoms with Gasteiger partial charge in [0.05, 0.1) is 5.92 Å². The first-order chi connectivity index (χ1) is 7.99. The molecule has 7 heteroatoms. The average molecular weight is 239 g/mol. The maximum atomic E-state index is 11.8. The van der Waals surface area contributed by atoms with Gasteiger partial charge in [-0.3, -0.25) is 9.59 Å². The van der Waals surface area contributed by atoms with Crippen molar-refractivity contribution in [1.82, 2.24) is 15.0 Å². The lowest BCUT2D eigenvalue weighted by atomic mass is 9.87. The van der Waals surface area contributed by atoms with E-state index in [4.69, 9.17) is 9.63 Å². The number of likely N-dealkylation sites (tertiary alicyclic amines) is 1. The van der Waals surface area contributed by atoms with Crippen LogP contribution >= 0.6 is 0 Å². The summed E-state index contributed by atoms with van der Waals surface area (Å²) in [6.45, 7) is 4.11. The minimum absolute atomic E-state index is 0.00412. The Labute approximate surface area is 97.4 Å². The van der Waals surface area contributed by atoms with E-state index in [0.717, 1.165) is 0 Å². The van der Waals surface area contributed by atoms with E-state index < -0.39 is 11.9 Å². The monoisotopic (exact) mass is 239 g/mol. The maximum Gasteiger partial charge on any atom is 0.306 e. The Balaban J connectivity index is 1.92. The summed E-state index contributed by atoms with van der Waals surface area (Å²) >= 11 is 0. The van der Waals surface area contributed by atoms with E-state index in [0.29, 0.717) is 19.0 Å². The molecular formula is C10H13N3O4. The molecule has 2 rings (SSSR count).